The van der Waals surface area contributed by atoms with Gasteiger partial charge in [-0.15, -0.1) is 11.8 Å². The molecule has 0 unspecified atom stereocenters. The van der Waals surface area contributed by atoms with Crippen LogP contribution in [0.25, 0.3) is 11.0 Å². The highest BCUT2D eigenvalue weighted by Crippen LogP contribution is 2.32. The fourth-order valence-corrected chi connectivity index (χ4v) is 3.91. The van der Waals surface area contributed by atoms with Crippen LogP contribution >= 0.6 is 11.8 Å². The summed E-state index contributed by atoms with van der Waals surface area (Å²) in [5.41, 5.74) is 2.12. The van der Waals surface area contributed by atoms with E-state index in [9.17, 15) is 0 Å². The number of nitrogens with zero attached hydrogens (tertiary/aromatic N) is 4. The van der Waals surface area contributed by atoms with Gasteiger partial charge in [0.2, 0.25) is 0 Å². The number of aromatic nitrogens is 4. The van der Waals surface area contributed by atoms with Crippen LogP contribution < -0.4 is 0 Å². The van der Waals surface area contributed by atoms with Crippen molar-refractivity contribution in [1.82, 2.24) is 19.7 Å². The zero-order valence-corrected chi connectivity index (χ0v) is 13.6. The number of benzene rings is 1. The molecule has 23 heavy (non-hydrogen) atoms. The Bertz CT molecular complexity index is 784. The lowest BCUT2D eigenvalue weighted by molar-refractivity contribution is 0.1000. The number of fused-ring (bicyclic) bond motifs is 1. The molecule has 1 aliphatic heterocycles. The van der Waals surface area contributed by atoms with Crippen molar-refractivity contribution in [1.29, 1.82) is 0 Å². The highest BCUT2D eigenvalue weighted by atomic mass is 32.2. The first-order valence-electron chi connectivity index (χ1n) is 7.85. The third-order valence-electron chi connectivity index (χ3n) is 4.02. The van der Waals surface area contributed by atoms with Gasteiger partial charge in [0.1, 0.15) is 11.4 Å². The van der Waals surface area contributed by atoms with Crippen LogP contribution in [0.4, 0.5) is 0 Å². The first kappa shape index (κ1) is 14.7. The quantitative estimate of drug-likeness (QED) is 0.689. The number of thioether (sulfide) groups is 1. The second-order valence-electron chi connectivity index (χ2n) is 5.63. The molecule has 0 spiro atoms. The molecule has 1 fully saturated rings. The van der Waals surface area contributed by atoms with Gasteiger partial charge in [0, 0.05) is 18.5 Å². The van der Waals surface area contributed by atoms with Crippen LogP contribution in [0.5, 0.6) is 0 Å². The van der Waals surface area contributed by atoms with Crippen LogP contribution in [0.1, 0.15) is 18.4 Å². The molecular formula is C17H18N4OS. The van der Waals surface area contributed by atoms with Crippen LogP contribution in [0, 0.1) is 0 Å². The van der Waals surface area contributed by atoms with Gasteiger partial charge in [0.25, 0.3) is 0 Å². The van der Waals surface area contributed by atoms with Crippen LogP contribution in [-0.4, -0.2) is 38.2 Å². The molecular weight excluding hydrogens is 308 g/mol. The summed E-state index contributed by atoms with van der Waals surface area (Å²) < 4.78 is 7.38. The molecule has 2 aromatic heterocycles. The van der Waals surface area contributed by atoms with Gasteiger partial charge >= 0.3 is 0 Å². The average Bonchev–Trinajstić information content (AvgIpc) is 3.01. The van der Waals surface area contributed by atoms with Crippen LogP contribution in [0.15, 0.2) is 47.9 Å². The molecule has 1 aliphatic rings. The lowest BCUT2D eigenvalue weighted by atomic mass is 10.2. The van der Waals surface area contributed by atoms with Crippen LogP contribution in [0.2, 0.25) is 0 Å². The molecule has 0 aliphatic carbocycles. The molecule has 0 N–H and O–H groups in total. The molecule has 3 heterocycles. The minimum Gasteiger partial charge on any atom is -0.381 e. The molecule has 1 aromatic carbocycles. The number of rotatable bonds is 4. The van der Waals surface area contributed by atoms with Gasteiger partial charge in [-0.1, -0.05) is 30.3 Å². The van der Waals surface area contributed by atoms with Crippen LogP contribution in [-0.2, 0) is 11.3 Å². The van der Waals surface area contributed by atoms with Crippen molar-refractivity contribution >= 4 is 22.8 Å². The summed E-state index contributed by atoms with van der Waals surface area (Å²) in [6.45, 7) is 2.42. The normalized spacial score (nSPS) is 16.0. The van der Waals surface area contributed by atoms with Gasteiger partial charge in [0.05, 0.1) is 18.1 Å². The Morgan fingerprint density at radius 1 is 1.13 bits per heavy atom. The van der Waals surface area contributed by atoms with E-state index in [1.807, 2.05) is 40.8 Å². The van der Waals surface area contributed by atoms with E-state index in [1.165, 1.54) is 5.56 Å². The Morgan fingerprint density at radius 2 is 1.96 bits per heavy atom. The Kier molecular flexibility index (Phi) is 4.26. The van der Waals surface area contributed by atoms with Gasteiger partial charge in [0.15, 0.2) is 5.65 Å². The predicted molar refractivity (Wildman–Crippen MR) is 90.6 cm³/mol. The second-order valence-corrected chi connectivity index (χ2v) is 6.92. The van der Waals surface area contributed by atoms with Crippen molar-refractivity contribution in [2.24, 2.45) is 0 Å². The van der Waals surface area contributed by atoms with Gasteiger partial charge < -0.3 is 4.74 Å². The van der Waals surface area contributed by atoms with Crippen molar-refractivity contribution in [3.8, 4) is 0 Å². The second kappa shape index (κ2) is 6.68. The Labute approximate surface area is 139 Å². The topological polar surface area (TPSA) is 52.8 Å². The van der Waals surface area contributed by atoms with Gasteiger partial charge in [-0.25, -0.2) is 14.6 Å². The fourth-order valence-electron chi connectivity index (χ4n) is 2.79. The SMILES string of the molecule is c1ccc(Cn2ncc3c(SC4CCOCC4)ncnc32)cc1. The molecule has 5 nitrogen and oxygen atoms in total. The van der Waals surface area contributed by atoms with E-state index < -0.39 is 0 Å². The Balaban J connectivity index is 1.61. The number of hydrogen-bond acceptors (Lipinski definition) is 5. The molecule has 3 aromatic rings. The fraction of sp³-hybridized carbons (Fsp3) is 0.353. The molecule has 0 atom stereocenters. The molecule has 0 saturated carbocycles. The van der Waals surface area contributed by atoms with Crippen molar-refractivity contribution < 1.29 is 4.74 Å². The molecule has 4 rings (SSSR count). The minimum absolute atomic E-state index is 0.569. The zero-order chi connectivity index (χ0) is 15.5. The molecule has 1 saturated heterocycles. The molecule has 6 heteroatoms. The van der Waals surface area contributed by atoms with Crippen LogP contribution in [0.3, 0.4) is 0 Å². The summed E-state index contributed by atoms with van der Waals surface area (Å²) in [7, 11) is 0. The van der Waals surface area contributed by atoms with Crippen molar-refractivity contribution in [3.63, 3.8) is 0 Å². The standard InChI is InChI=1S/C17H18N4OS/c1-2-4-13(5-3-1)11-21-16-15(10-20-21)17(19-12-18-16)23-14-6-8-22-9-7-14/h1-5,10,12,14H,6-9,11H2. The monoisotopic (exact) mass is 326 g/mol. The van der Waals surface area contributed by atoms with Gasteiger partial charge in [-0.05, 0) is 18.4 Å². The minimum atomic E-state index is 0.569. The van der Waals surface area contributed by atoms with Crippen molar-refractivity contribution in [2.75, 3.05) is 13.2 Å². The van der Waals surface area contributed by atoms with E-state index in [0.29, 0.717) is 5.25 Å². The number of hydrogen-bond donors (Lipinski definition) is 0. The molecule has 0 amide bonds. The summed E-state index contributed by atoms with van der Waals surface area (Å²) in [5.74, 6) is 0. The highest BCUT2D eigenvalue weighted by Gasteiger charge is 2.18. The smallest absolute Gasteiger partial charge is 0.162 e. The third kappa shape index (κ3) is 3.23. The van der Waals surface area contributed by atoms with E-state index in [-0.39, 0.29) is 0 Å². The highest BCUT2D eigenvalue weighted by molar-refractivity contribution is 8.00. The first-order chi connectivity index (χ1) is 11.4. The van der Waals surface area contributed by atoms with E-state index in [1.54, 1.807) is 6.33 Å². The summed E-state index contributed by atoms with van der Waals surface area (Å²) in [6, 6.07) is 10.3. The summed E-state index contributed by atoms with van der Waals surface area (Å²) in [6.07, 6.45) is 5.69. The summed E-state index contributed by atoms with van der Waals surface area (Å²) in [4.78, 5) is 8.92. The Morgan fingerprint density at radius 3 is 2.78 bits per heavy atom. The maximum absolute atomic E-state index is 5.43. The number of ether oxygens (including phenoxy) is 1. The van der Waals surface area contributed by atoms with Gasteiger partial charge in [-0.3, -0.25) is 0 Å². The third-order valence-corrected chi connectivity index (χ3v) is 5.37. The zero-order valence-electron chi connectivity index (χ0n) is 12.8. The average molecular weight is 326 g/mol. The Hall–Kier alpha value is -1.92. The van der Waals surface area contributed by atoms with E-state index in [4.69, 9.17) is 4.74 Å². The van der Waals surface area contributed by atoms with E-state index >= 15 is 0 Å². The largest absolute Gasteiger partial charge is 0.381 e. The molecule has 0 radical (unpaired) electrons. The maximum atomic E-state index is 5.43. The summed E-state index contributed by atoms with van der Waals surface area (Å²) >= 11 is 1.83. The lowest BCUT2D eigenvalue weighted by Crippen LogP contribution is -2.17. The van der Waals surface area contributed by atoms with Crippen molar-refractivity contribution in [2.45, 2.75) is 29.7 Å². The summed E-state index contributed by atoms with van der Waals surface area (Å²) in [5, 5.41) is 7.16. The maximum Gasteiger partial charge on any atom is 0.162 e. The first-order valence-corrected chi connectivity index (χ1v) is 8.73. The van der Waals surface area contributed by atoms with E-state index in [2.05, 4.69) is 27.2 Å². The predicted octanol–water partition coefficient (Wildman–Crippen LogP) is 3.15. The van der Waals surface area contributed by atoms with Gasteiger partial charge in [-0.2, -0.15) is 5.10 Å². The van der Waals surface area contributed by atoms with E-state index in [0.717, 1.165) is 48.7 Å². The van der Waals surface area contributed by atoms with Crippen molar-refractivity contribution in [3.05, 3.63) is 48.4 Å². The molecule has 118 valence electrons. The molecule has 0 bridgehead atoms. The lowest BCUT2D eigenvalue weighted by Gasteiger charge is -2.20.